The number of nitrogens with zero attached hydrogens (tertiary/aromatic N) is 1. The molecule has 2 aromatic carbocycles. The van der Waals surface area contributed by atoms with Crippen molar-refractivity contribution >= 4 is 5.96 Å². The van der Waals surface area contributed by atoms with Gasteiger partial charge >= 0.3 is 0 Å². The number of benzene rings is 2. The normalized spacial score (nSPS) is 11.2. The molecule has 0 aliphatic carbocycles. The lowest BCUT2D eigenvalue weighted by molar-refractivity contribution is 0.145. The summed E-state index contributed by atoms with van der Waals surface area (Å²) in [7, 11) is 3.36. The fourth-order valence-electron chi connectivity index (χ4n) is 2.75. The smallest absolute Gasteiger partial charge is 0.191 e. The molecule has 0 amide bonds. The summed E-state index contributed by atoms with van der Waals surface area (Å²) in [5.41, 5.74) is 2.36. The van der Waals surface area contributed by atoms with Gasteiger partial charge in [-0.15, -0.1) is 0 Å². The van der Waals surface area contributed by atoms with Crippen molar-refractivity contribution in [3.05, 3.63) is 59.7 Å². The molecule has 6 heteroatoms. The standard InChI is InChI=1S/C23H33N3O3/c1-4-29-16-6-14-24-23(26-18-20-9-11-21(27-2)12-10-20)25-15-13-19-7-5-8-22(17-19)28-3/h5,7-12,17H,4,6,13-16,18H2,1-3H3,(H2,24,25,26). The fourth-order valence-corrected chi connectivity index (χ4v) is 2.75. The first-order chi connectivity index (χ1) is 14.2. The molecule has 0 bridgehead atoms. The zero-order valence-electron chi connectivity index (χ0n) is 17.7. The maximum atomic E-state index is 5.40. The minimum absolute atomic E-state index is 0.601. The van der Waals surface area contributed by atoms with Crippen molar-refractivity contribution in [3.63, 3.8) is 0 Å². The van der Waals surface area contributed by atoms with Crippen molar-refractivity contribution in [2.45, 2.75) is 26.3 Å². The molecule has 0 aliphatic heterocycles. The van der Waals surface area contributed by atoms with Crippen LogP contribution >= 0.6 is 0 Å². The second-order valence-corrected chi connectivity index (χ2v) is 6.52. The largest absolute Gasteiger partial charge is 0.497 e. The first kappa shape index (κ1) is 22.6. The van der Waals surface area contributed by atoms with E-state index in [1.165, 1.54) is 5.56 Å². The lowest BCUT2D eigenvalue weighted by atomic mass is 10.1. The van der Waals surface area contributed by atoms with Gasteiger partial charge in [-0.25, -0.2) is 4.99 Å². The summed E-state index contributed by atoms with van der Waals surface area (Å²) in [5, 5.41) is 6.81. The highest BCUT2D eigenvalue weighted by Gasteiger charge is 2.01. The van der Waals surface area contributed by atoms with Gasteiger partial charge in [0, 0.05) is 26.3 Å². The zero-order chi connectivity index (χ0) is 20.7. The van der Waals surface area contributed by atoms with Crippen molar-refractivity contribution in [2.24, 2.45) is 4.99 Å². The second-order valence-electron chi connectivity index (χ2n) is 6.52. The van der Waals surface area contributed by atoms with Crippen LogP contribution in [0.1, 0.15) is 24.5 Å². The van der Waals surface area contributed by atoms with Crippen LogP contribution in [0.3, 0.4) is 0 Å². The van der Waals surface area contributed by atoms with Gasteiger partial charge in [-0.2, -0.15) is 0 Å². The molecule has 0 aliphatic rings. The minimum atomic E-state index is 0.601. The van der Waals surface area contributed by atoms with E-state index in [2.05, 4.69) is 22.8 Å². The SMILES string of the molecule is CCOCCCNC(=NCc1ccc(OC)cc1)NCCc1cccc(OC)c1. The first-order valence-corrected chi connectivity index (χ1v) is 10.1. The fraction of sp³-hybridized carbons (Fsp3) is 0.435. The topological polar surface area (TPSA) is 64.1 Å². The van der Waals surface area contributed by atoms with Crippen LogP contribution in [0.25, 0.3) is 0 Å². The number of rotatable bonds is 12. The van der Waals surface area contributed by atoms with Gasteiger partial charge in [0.2, 0.25) is 0 Å². The Bertz CT molecular complexity index is 732. The molecule has 0 spiro atoms. The maximum Gasteiger partial charge on any atom is 0.191 e. The Balaban J connectivity index is 1.89. The number of ether oxygens (including phenoxy) is 3. The average molecular weight is 400 g/mol. The Morgan fingerprint density at radius 3 is 2.38 bits per heavy atom. The third-order valence-electron chi connectivity index (χ3n) is 4.38. The predicted molar refractivity (Wildman–Crippen MR) is 118 cm³/mol. The summed E-state index contributed by atoms with van der Waals surface area (Å²) in [6.45, 7) is 5.70. The van der Waals surface area contributed by atoms with Gasteiger partial charge in [0.1, 0.15) is 11.5 Å². The van der Waals surface area contributed by atoms with Crippen LogP contribution in [0.2, 0.25) is 0 Å². The molecule has 6 nitrogen and oxygen atoms in total. The molecule has 2 aromatic rings. The number of guanidine groups is 1. The highest BCUT2D eigenvalue weighted by atomic mass is 16.5. The van der Waals surface area contributed by atoms with Crippen molar-refractivity contribution in [3.8, 4) is 11.5 Å². The van der Waals surface area contributed by atoms with Gasteiger partial charge in [0.25, 0.3) is 0 Å². The molecule has 0 saturated heterocycles. The van der Waals surface area contributed by atoms with E-state index in [-0.39, 0.29) is 0 Å². The van der Waals surface area contributed by atoms with E-state index >= 15 is 0 Å². The summed E-state index contributed by atoms with van der Waals surface area (Å²) < 4.78 is 15.9. The molecule has 0 radical (unpaired) electrons. The molecule has 0 fully saturated rings. The molecule has 2 N–H and O–H groups in total. The molecular formula is C23H33N3O3. The third kappa shape index (κ3) is 8.87. The Morgan fingerprint density at radius 1 is 0.897 bits per heavy atom. The maximum absolute atomic E-state index is 5.40. The molecule has 29 heavy (non-hydrogen) atoms. The lowest BCUT2D eigenvalue weighted by Crippen LogP contribution is -2.39. The molecule has 2 rings (SSSR count). The highest BCUT2D eigenvalue weighted by molar-refractivity contribution is 5.79. The van der Waals surface area contributed by atoms with E-state index in [4.69, 9.17) is 19.2 Å². The van der Waals surface area contributed by atoms with Gasteiger partial charge in [-0.05, 0) is 55.2 Å². The van der Waals surface area contributed by atoms with E-state index in [1.807, 2.05) is 43.3 Å². The van der Waals surface area contributed by atoms with Crippen molar-refractivity contribution in [1.82, 2.24) is 10.6 Å². The van der Waals surface area contributed by atoms with Crippen molar-refractivity contribution < 1.29 is 14.2 Å². The Morgan fingerprint density at radius 2 is 1.66 bits per heavy atom. The molecule has 0 saturated carbocycles. The predicted octanol–water partition coefficient (Wildman–Crippen LogP) is 3.41. The van der Waals surface area contributed by atoms with Gasteiger partial charge < -0.3 is 24.8 Å². The Labute approximate surface area is 174 Å². The summed E-state index contributed by atoms with van der Waals surface area (Å²) in [5.74, 6) is 2.54. The number of hydrogen-bond acceptors (Lipinski definition) is 4. The van der Waals surface area contributed by atoms with E-state index in [0.29, 0.717) is 6.54 Å². The number of methoxy groups -OCH3 is 2. The molecule has 158 valence electrons. The van der Waals surface area contributed by atoms with E-state index < -0.39 is 0 Å². The van der Waals surface area contributed by atoms with Gasteiger partial charge in [-0.3, -0.25) is 0 Å². The average Bonchev–Trinajstić information content (AvgIpc) is 2.77. The molecule has 0 unspecified atom stereocenters. The van der Waals surface area contributed by atoms with Gasteiger partial charge in [-0.1, -0.05) is 24.3 Å². The van der Waals surface area contributed by atoms with Crippen molar-refractivity contribution in [1.29, 1.82) is 0 Å². The number of hydrogen-bond donors (Lipinski definition) is 2. The molecule has 0 aromatic heterocycles. The molecule has 0 atom stereocenters. The van der Waals surface area contributed by atoms with Crippen LogP contribution in [0.5, 0.6) is 11.5 Å². The summed E-state index contributed by atoms with van der Waals surface area (Å²) in [6.07, 6.45) is 1.83. The first-order valence-electron chi connectivity index (χ1n) is 10.1. The summed E-state index contributed by atoms with van der Waals surface area (Å²) in [6, 6.07) is 16.1. The van der Waals surface area contributed by atoms with E-state index in [0.717, 1.165) is 62.2 Å². The second kappa shape index (κ2) is 13.4. The van der Waals surface area contributed by atoms with Crippen LogP contribution in [0.4, 0.5) is 0 Å². The summed E-state index contributed by atoms with van der Waals surface area (Å²) in [4.78, 5) is 4.72. The van der Waals surface area contributed by atoms with Crippen LogP contribution in [-0.4, -0.2) is 46.5 Å². The Hall–Kier alpha value is -2.73. The Kier molecular flexibility index (Phi) is 10.5. The van der Waals surface area contributed by atoms with Crippen molar-refractivity contribution in [2.75, 3.05) is 40.5 Å². The highest BCUT2D eigenvalue weighted by Crippen LogP contribution is 2.13. The lowest BCUT2D eigenvalue weighted by Gasteiger charge is -2.13. The van der Waals surface area contributed by atoms with Crippen LogP contribution in [0, 0.1) is 0 Å². The summed E-state index contributed by atoms with van der Waals surface area (Å²) >= 11 is 0. The zero-order valence-corrected chi connectivity index (χ0v) is 17.7. The van der Waals surface area contributed by atoms with Crippen LogP contribution < -0.4 is 20.1 Å². The number of nitrogens with one attached hydrogen (secondary N) is 2. The van der Waals surface area contributed by atoms with E-state index in [9.17, 15) is 0 Å². The van der Waals surface area contributed by atoms with Crippen LogP contribution in [-0.2, 0) is 17.7 Å². The minimum Gasteiger partial charge on any atom is -0.497 e. The molecular weight excluding hydrogens is 366 g/mol. The van der Waals surface area contributed by atoms with Crippen LogP contribution in [0.15, 0.2) is 53.5 Å². The quantitative estimate of drug-likeness (QED) is 0.325. The number of aliphatic imine (C=N–C) groups is 1. The monoisotopic (exact) mass is 399 g/mol. The van der Waals surface area contributed by atoms with Gasteiger partial charge in [0.05, 0.1) is 20.8 Å². The van der Waals surface area contributed by atoms with Gasteiger partial charge in [0.15, 0.2) is 5.96 Å². The van der Waals surface area contributed by atoms with E-state index in [1.54, 1.807) is 14.2 Å². The third-order valence-corrected chi connectivity index (χ3v) is 4.38. The molecule has 0 heterocycles.